The van der Waals surface area contributed by atoms with Crippen LogP contribution in [0, 0.1) is 5.82 Å². The fraction of sp³-hybridized carbons (Fsp3) is 0.304. The lowest BCUT2D eigenvalue weighted by Crippen LogP contribution is -2.00. The molecule has 1 aromatic heterocycles. The molecule has 1 aromatic carbocycles. The van der Waals surface area contributed by atoms with Crippen molar-refractivity contribution in [3.05, 3.63) is 78.3 Å². The maximum absolute atomic E-state index is 13.5. The summed E-state index contributed by atoms with van der Waals surface area (Å²) in [5.41, 5.74) is 8.19. The summed E-state index contributed by atoms with van der Waals surface area (Å²) < 4.78 is 31.1. The molecule has 0 saturated carbocycles. The molecule has 2 aromatic rings. The SMILES string of the molecule is C=C/C(F)=C(\C=C)CC.CC.CC/C(C)=C(/N)c1nc(-c2ccccc2F)no1. The fourth-order valence-electron chi connectivity index (χ4n) is 2.00. The second kappa shape index (κ2) is 14.0. The molecule has 2 N–H and O–H groups in total. The largest absolute Gasteiger partial charge is 0.394 e. The Labute approximate surface area is 172 Å². The fourth-order valence-corrected chi connectivity index (χ4v) is 2.00. The maximum Gasteiger partial charge on any atom is 0.274 e. The molecule has 2 rings (SSSR count). The smallest absolute Gasteiger partial charge is 0.274 e. The molecule has 1 heterocycles. The van der Waals surface area contributed by atoms with Crippen LogP contribution in [0.1, 0.15) is 53.4 Å². The third kappa shape index (κ3) is 7.86. The predicted molar refractivity (Wildman–Crippen MR) is 117 cm³/mol. The van der Waals surface area contributed by atoms with Gasteiger partial charge in [0.05, 0.1) is 11.3 Å². The van der Waals surface area contributed by atoms with E-state index in [9.17, 15) is 8.78 Å². The second-order valence-corrected chi connectivity index (χ2v) is 5.59. The number of benzene rings is 1. The molecule has 0 unspecified atom stereocenters. The molecule has 29 heavy (non-hydrogen) atoms. The van der Waals surface area contributed by atoms with Gasteiger partial charge < -0.3 is 10.3 Å². The van der Waals surface area contributed by atoms with Crippen LogP contribution in [0.4, 0.5) is 8.78 Å². The minimum atomic E-state index is -0.389. The Kier molecular flexibility index (Phi) is 12.6. The number of halogens is 2. The minimum Gasteiger partial charge on any atom is -0.394 e. The van der Waals surface area contributed by atoms with Gasteiger partial charge in [-0.05, 0) is 49.1 Å². The number of nitrogens with two attached hydrogens (primary N) is 1. The van der Waals surface area contributed by atoms with E-state index < -0.39 is 0 Å². The Hall–Kier alpha value is -3.02. The molecule has 0 atom stereocenters. The van der Waals surface area contributed by atoms with Gasteiger partial charge in [0.1, 0.15) is 11.6 Å². The van der Waals surface area contributed by atoms with Gasteiger partial charge in [0.15, 0.2) is 0 Å². The van der Waals surface area contributed by atoms with Gasteiger partial charge in [-0.3, -0.25) is 0 Å². The van der Waals surface area contributed by atoms with Crippen molar-refractivity contribution < 1.29 is 13.3 Å². The number of aromatic nitrogens is 2. The van der Waals surface area contributed by atoms with Gasteiger partial charge in [0, 0.05) is 0 Å². The molecule has 0 spiro atoms. The molecular weight excluding hydrogens is 372 g/mol. The van der Waals surface area contributed by atoms with Crippen molar-refractivity contribution in [2.75, 3.05) is 0 Å². The van der Waals surface area contributed by atoms with Crippen LogP contribution in [-0.4, -0.2) is 10.1 Å². The van der Waals surface area contributed by atoms with Crippen molar-refractivity contribution in [2.24, 2.45) is 5.73 Å². The topological polar surface area (TPSA) is 64.9 Å². The number of hydrogen-bond acceptors (Lipinski definition) is 4. The van der Waals surface area contributed by atoms with Crippen molar-refractivity contribution >= 4 is 5.70 Å². The van der Waals surface area contributed by atoms with Crippen molar-refractivity contribution in [2.45, 2.75) is 47.5 Å². The van der Waals surface area contributed by atoms with E-state index in [2.05, 4.69) is 23.3 Å². The number of rotatable bonds is 6. The summed E-state index contributed by atoms with van der Waals surface area (Å²) in [6.45, 7) is 16.5. The van der Waals surface area contributed by atoms with Crippen LogP contribution in [-0.2, 0) is 0 Å². The summed E-state index contributed by atoms with van der Waals surface area (Å²) >= 11 is 0. The number of hydrogen-bond donors (Lipinski definition) is 1. The monoisotopic (exact) mass is 403 g/mol. The van der Waals surface area contributed by atoms with E-state index in [0.29, 0.717) is 23.3 Å². The van der Waals surface area contributed by atoms with Crippen LogP contribution in [0.2, 0.25) is 0 Å². The Bertz CT molecular complexity index is 851. The Morgan fingerprint density at radius 1 is 1.14 bits per heavy atom. The van der Waals surface area contributed by atoms with E-state index in [1.54, 1.807) is 18.2 Å². The average molecular weight is 404 g/mol. The van der Waals surface area contributed by atoms with Crippen LogP contribution in [0.3, 0.4) is 0 Å². The van der Waals surface area contributed by atoms with Gasteiger partial charge in [-0.1, -0.05) is 64.2 Å². The molecule has 4 nitrogen and oxygen atoms in total. The molecule has 0 bridgehead atoms. The molecule has 0 radical (unpaired) electrons. The predicted octanol–water partition coefficient (Wildman–Crippen LogP) is 6.99. The van der Waals surface area contributed by atoms with Gasteiger partial charge in [-0.25, -0.2) is 8.78 Å². The lowest BCUT2D eigenvalue weighted by Gasteiger charge is -1.98. The molecule has 158 valence electrons. The minimum absolute atomic E-state index is 0.204. The highest BCUT2D eigenvalue weighted by atomic mass is 19.1. The third-order valence-electron chi connectivity index (χ3n) is 3.87. The highest BCUT2D eigenvalue weighted by Gasteiger charge is 2.14. The van der Waals surface area contributed by atoms with Crippen LogP contribution in [0.25, 0.3) is 17.1 Å². The van der Waals surface area contributed by atoms with Crippen LogP contribution in [0.15, 0.2) is 71.1 Å². The molecule has 0 fully saturated rings. The summed E-state index contributed by atoms with van der Waals surface area (Å²) in [6, 6.07) is 6.26. The van der Waals surface area contributed by atoms with E-state index >= 15 is 0 Å². The Balaban J connectivity index is 0.000000606. The summed E-state index contributed by atoms with van der Waals surface area (Å²) in [5.74, 6) is -0.227. The van der Waals surface area contributed by atoms with Crippen molar-refractivity contribution in [3.63, 3.8) is 0 Å². The van der Waals surface area contributed by atoms with Crippen LogP contribution >= 0.6 is 0 Å². The third-order valence-corrected chi connectivity index (χ3v) is 3.87. The second-order valence-electron chi connectivity index (χ2n) is 5.59. The standard InChI is InChI=1S/C13H14FN3O.C8H11F.C2H6/c1-3-8(2)11(15)13-16-12(17-18-13)9-6-4-5-7-10(9)14;1-4-7(5-2)8(9)6-3;1-2/h4-7H,3,15H2,1-2H3;4,6H,1,3,5H2,2H3;1-2H3/b11-8+;8-7-;. The van der Waals surface area contributed by atoms with Crippen molar-refractivity contribution in [3.8, 4) is 11.4 Å². The van der Waals surface area contributed by atoms with Crippen LogP contribution < -0.4 is 5.73 Å². The van der Waals surface area contributed by atoms with E-state index in [0.717, 1.165) is 12.0 Å². The highest BCUT2D eigenvalue weighted by Crippen LogP contribution is 2.21. The average Bonchev–Trinajstić information content (AvgIpc) is 3.25. The first-order valence-electron chi connectivity index (χ1n) is 9.57. The quantitative estimate of drug-likeness (QED) is 0.528. The number of allylic oxidation sites excluding steroid dienone is 5. The van der Waals surface area contributed by atoms with Gasteiger partial charge in [-0.2, -0.15) is 4.98 Å². The van der Waals surface area contributed by atoms with E-state index in [1.165, 1.54) is 18.2 Å². The first kappa shape index (κ1) is 26.0. The first-order chi connectivity index (χ1) is 13.9. The Morgan fingerprint density at radius 2 is 1.76 bits per heavy atom. The van der Waals surface area contributed by atoms with Crippen molar-refractivity contribution in [1.29, 1.82) is 0 Å². The van der Waals surface area contributed by atoms with E-state index in [4.69, 9.17) is 10.3 Å². The molecule has 0 saturated heterocycles. The van der Waals surface area contributed by atoms with Gasteiger partial charge in [0.2, 0.25) is 5.82 Å². The summed E-state index contributed by atoms with van der Waals surface area (Å²) in [4.78, 5) is 4.11. The molecule has 0 aliphatic carbocycles. The first-order valence-corrected chi connectivity index (χ1v) is 9.57. The lowest BCUT2D eigenvalue weighted by atomic mass is 10.2. The summed E-state index contributed by atoms with van der Waals surface area (Å²) in [7, 11) is 0. The van der Waals surface area contributed by atoms with Crippen LogP contribution in [0.5, 0.6) is 0 Å². The van der Waals surface area contributed by atoms with Crippen molar-refractivity contribution in [1.82, 2.24) is 10.1 Å². The van der Waals surface area contributed by atoms with E-state index in [-0.39, 0.29) is 23.4 Å². The zero-order chi connectivity index (χ0) is 22.4. The lowest BCUT2D eigenvalue weighted by molar-refractivity contribution is 0.407. The Morgan fingerprint density at radius 3 is 2.21 bits per heavy atom. The zero-order valence-corrected chi connectivity index (χ0v) is 17.9. The molecule has 6 heteroatoms. The maximum atomic E-state index is 13.5. The highest BCUT2D eigenvalue weighted by molar-refractivity contribution is 5.62. The molecule has 0 amide bonds. The normalized spacial score (nSPS) is 11.7. The summed E-state index contributed by atoms with van der Waals surface area (Å²) in [5, 5.41) is 3.74. The zero-order valence-electron chi connectivity index (χ0n) is 17.9. The number of nitrogens with zero attached hydrogens (tertiary/aromatic N) is 2. The molecular formula is C23H31F2N3O. The van der Waals surface area contributed by atoms with Gasteiger partial charge in [-0.15, -0.1) is 0 Å². The summed E-state index contributed by atoms with van der Waals surface area (Å²) in [6.07, 6.45) is 4.17. The van der Waals surface area contributed by atoms with Gasteiger partial charge >= 0.3 is 0 Å². The molecule has 0 aliphatic heterocycles. The van der Waals surface area contributed by atoms with Gasteiger partial charge in [0.25, 0.3) is 5.89 Å². The van der Waals surface area contributed by atoms with E-state index in [1.807, 2.05) is 34.6 Å². The molecule has 0 aliphatic rings.